The molecule has 0 aromatic heterocycles. The summed E-state index contributed by atoms with van der Waals surface area (Å²) in [5, 5.41) is 0. The van der Waals surface area contributed by atoms with E-state index in [1.807, 2.05) is 12.1 Å². The lowest BCUT2D eigenvalue weighted by Crippen LogP contribution is -2.51. The number of para-hydroxylation sites is 2. The number of nitrogens with two attached hydrogens (primary N) is 1. The number of fused-ring (bicyclic) bond motifs is 1. The minimum absolute atomic E-state index is 0.474. The summed E-state index contributed by atoms with van der Waals surface area (Å²) in [5.41, 5.74) is 9.30. The van der Waals surface area contributed by atoms with E-state index in [1.54, 1.807) is 0 Å². The van der Waals surface area contributed by atoms with Crippen LogP contribution in [0.3, 0.4) is 0 Å². The summed E-state index contributed by atoms with van der Waals surface area (Å²) >= 11 is 0. The van der Waals surface area contributed by atoms with E-state index >= 15 is 0 Å². The van der Waals surface area contributed by atoms with Crippen LogP contribution in [0.25, 0.3) is 0 Å². The quantitative estimate of drug-likeness (QED) is 0.747. The van der Waals surface area contributed by atoms with Crippen molar-refractivity contribution in [3.8, 4) is 0 Å². The van der Waals surface area contributed by atoms with Crippen LogP contribution in [0.5, 0.6) is 0 Å². The average Bonchev–Trinajstić information content (AvgIpc) is 2.51. The van der Waals surface area contributed by atoms with Gasteiger partial charge >= 0.3 is 0 Å². The first kappa shape index (κ1) is 16.7. The second-order valence-electron chi connectivity index (χ2n) is 9.33. The van der Waals surface area contributed by atoms with Crippen molar-refractivity contribution in [2.45, 2.75) is 65.8 Å². The van der Waals surface area contributed by atoms with Crippen LogP contribution in [0.4, 0.5) is 11.4 Å². The van der Waals surface area contributed by atoms with E-state index in [2.05, 4.69) is 51.8 Å². The van der Waals surface area contributed by atoms with E-state index in [0.717, 1.165) is 17.5 Å². The van der Waals surface area contributed by atoms with Gasteiger partial charge in [-0.15, -0.1) is 0 Å². The number of hydrogen-bond acceptors (Lipinski definition) is 2. The molecule has 3 unspecified atom stereocenters. The molecule has 0 amide bonds. The van der Waals surface area contributed by atoms with E-state index in [1.165, 1.54) is 37.8 Å². The summed E-state index contributed by atoms with van der Waals surface area (Å²) in [4.78, 5) is 2.45. The van der Waals surface area contributed by atoms with Crippen molar-refractivity contribution in [3.63, 3.8) is 0 Å². The van der Waals surface area contributed by atoms with Crippen LogP contribution in [0.1, 0.15) is 59.8 Å². The highest BCUT2D eigenvalue weighted by Gasteiger charge is 2.50. The van der Waals surface area contributed by atoms with Gasteiger partial charge < -0.3 is 10.6 Å². The van der Waals surface area contributed by atoms with Gasteiger partial charge in [0.2, 0.25) is 0 Å². The summed E-state index contributed by atoms with van der Waals surface area (Å²) in [7, 11) is 2.23. The number of hydrogen-bond donors (Lipinski definition) is 1. The highest BCUT2D eigenvalue weighted by molar-refractivity contribution is 5.67. The van der Waals surface area contributed by atoms with Gasteiger partial charge in [-0.3, -0.25) is 0 Å². The van der Waals surface area contributed by atoms with Crippen molar-refractivity contribution in [3.05, 3.63) is 24.3 Å². The summed E-state index contributed by atoms with van der Waals surface area (Å²) in [6, 6.07) is 8.93. The molecule has 1 aromatic carbocycles. The van der Waals surface area contributed by atoms with E-state index < -0.39 is 0 Å². The maximum absolute atomic E-state index is 6.21. The standard InChI is InChI=1S/C21H34N2/c1-20(2)12-13-21(3,4)17-14-15(10-11-16(17)20)23(5)19-9-7-6-8-18(19)22/h6-9,15-17H,10-14,22H2,1-5H3. The van der Waals surface area contributed by atoms with Gasteiger partial charge in [0.1, 0.15) is 0 Å². The van der Waals surface area contributed by atoms with Gasteiger partial charge in [-0.1, -0.05) is 39.8 Å². The van der Waals surface area contributed by atoms with Gasteiger partial charge in [0, 0.05) is 13.1 Å². The molecule has 0 heterocycles. The second kappa shape index (κ2) is 5.72. The number of nitrogen functional groups attached to an aromatic ring is 1. The Morgan fingerprint density at radius 1 is 0.957 bits per heavy atom. The van der Waals surface area contributed by atoms with Gasteiger partial charge in [-0.25, -0.2) is 0 Å². The second-order valence-corrected chi connectivity index (χ2v) is 9.33. The topological polar surface area (TPSA) is 29.3 Å². The predicted molar refractivity (Wildman–Crippen MR) is 101 cm³/mol. The molecule has 0 saturated heterocycles. The summed E-state index contributed by atoms with van der Waals surface area (Å²) in [6.45, 7) is 10.00. The minimum Gasteiger partial charge on any atom is -0.397 e. The molecule has 3 rings (SSSR count). The van der Waals surface area contributed by atoms with Crippen LogP contribution in [-0.2, 0) is 0 Å². The molecule has 3 atom stereocenters. The van der Waals surface area contributed by atoms with Gasteiger partial charge in [0.25, 0.3) is 0 Å². The number of benzene rings is 1. The smallest absolute Gasteiger partial charge is 0.0599 e. The minimum atomic E-state index is 0.474. The average molecular weight is 315 g/mol. The molecule has 2 fully saturated rings. The highest BCUT2D eigenvalue weighted by atomic mass is 15.1. The summed E-state index contributed by atoms with van der Waals surface area (Å²) < 4.78 is 0. The first-order chi connectivity index (χ1) is 10.7. The molecule has 128 valence electrons. The van der Waals surface area contributed by atoms with Gasteiger partial charge in [-0.05, 0) is 66.9 Å². The SMILES string of the molecule is CN(c1ccccc1N)C1CCC2C(C1)C(C)(C)CCC2(C)C. The maximum atomic E-state index is 6.21. The molecular formula is C21H34N2. The third-order valence-electron chi connectivity index (χ3n) is 7.11. The molecule has 2 aliphatic rings. The molecule has 0 spiro atoms. The van der Waals surface area contributed by atoms with Crippen LogP contribution in [0.2, 0.25) is 0 Å². The largest absolute Gasteiger partial charge is 0.397 e. The lowest BCUT2D eigenvalue weighted by Gasteiger charge is -2.57. The zero-order valence-corrected chi connectivity index (χ0v) is 15.6. The first-order valence-electron chi connectivity index (χ1n) is 9.30. The van der Waals surface area contributed by atoms with Crippen molar-refractivity contribution >= 4 is 11.4 Å². The molecule has 1 aromatic rings. The van der Waals surface area contributed by atoms with E-state index in [9.17, 15) is 0 Å². The Morgan fingerprint density at radius 2 is 1.57 bits per heavy atom. The van der Waals surface area contributed by atoms with Gasteiger partial charge in [-0.2, -0.15) is 0 Å². The lowest BCUT2D eigenvalue weighted by atomic mass is 9.50. The third kappa shape index (κ3) is 2.97. The van der Waals surface area contributed by atoms with Crippen LogP contribution < -0.4 is 10.6 Å². The molecule has 23 heavy (non-hydrogen) atoms. The molecule has 2 aliphatic carbocycles. The normalized spacial score (nSPS) is 32.1. The van der Waals surface area contributed by atoms with Gasteiger partial charge in [0.15, 0.2) is 0 Å². The number of nitrogens with zero attached hydrogens (tertiary/aromatic N) is 1. The monoisotopic (exact) mass is 314 g/mol. The van der Waals surface area contributed by atoms with E-state index in [0.29, 0.717) is 16.9 Å². The Hall–Kier alpha value is -1.18. The molecule has 2 saturated carbocycles. The fraction of sp³-hybridized carbons (Fsp3) is 0.714. The molecule has 2 nitrogen and oxygen atoms in total. The van der Waals surface area contributed by atoms with Crippen LogP contribution in [0.15, 0.2) is 24.3 Å². The zero-order valence-electron chi connectivity index (χ0n) is 15.6. The third-order valence-corrected chi connectivity index (χ3v) is 7.11. The number of anilines is 2. The van der Waals surface area contributed by atoms with Crippen molar-refractivity contribution in [1.82, 2.24) is 0 Å². The fourth-order valence-corrected chi connectivity index (χ4v) is 5.32. The van der Waals surface area contributed by atoms with Crippen LogP contribution >= 0.6 is 0 Å². The van der Waals surface area contributed by atoms with Crippen molar-refractivity contribution < 1.29 is 0 Å². The predicted octanol–water partition coefficient (Wildman–Crippen LogP) is 5.34. The number of rotatable bonds is 2. The van der Waals surface area contributed by atoms with E-state index in [-0.39, 0.29) is 0 Å². The molecule has 0 radical (unpaired) electrons. The van der Waals surface area contributed by atoms with Crippen LogP contribution in [-0.4, -0.2) is 13.1 Å². The zero-order chi connectivity index (χ0) is 16.8. The molecule has 2 N–H and O–H groups in total. The van der Waals surface area contributed by atoms with Crippen molar-refractivity contribution in [2.24, 2.45) is 22.7 Å². The summed E-state index contributed by atoms with van der Waals surface area (Å²) in [6.07, 6.45) is 6.72. The molecular weight excluding hydrogens is 280 g/mol. The molecule has 0 bridgehead atoms. The van der Waals surface area contributed by atoms with Crippen LogP contribution in [0, 0.1) is 22.7 Å². The molecule has 2 heteroatoms. The first-order valence-corrected chi connectivity index (χ1v) is 9.30. The Kier molecular flexibility index (Phi) is 4.14. The summed E-state index contributed by atoms with van der Waals surface area (Å²) in [5.74, 6) is 1.71. The maximum Gasteiger partial charge on any atom is 0.0599 e. The lowest BCUT2D eigenvalue weighted by molar-refractivity contribution is -0.0492. The Balaban J connectivity index is 1.82. The Morgan fingerprint density at radius 3 is 2.22 bits per heavy atom. The van der Waals surface area contributed by atoms with Crippen molar-refractivity contribution in [1.29, 1.82) is 0 Å². The van der Waals surface area contributed by atoms with E-state index in [4.69, 9.17) is 5.73 Å². The van der Waals surface area contributed by atoms with Crippen molar-refractivity contribution in [2.75, 3.05) is 17.7 Å². The Labute approximate surface area is 142 Å². The Bertz CT molecular complexity index is 561. The fourth-order valence-electron chi connectivity index (χ4n) is 5.32. The molecule has 0 aliphatic heterocycles. The van der Waals surface area contributed by atoms with Gasteiger partial charge in [0.05, 0.1) is 11.4 Å². The highest BCUT2D eigenvalue weighted by Crippen LogP contribution is 2.58.